The molecular formula is C33H32N2O5S2. The summed E-state index contributed by atoms with van der Waals surface area (Å²) in [5.41, 5.74) is 3.53. The second-order valence-corrected chi connectivity index (χ2v) is 11.6. The molecule has 42 heavy (non-hydrogen) atoms. The van der Waals surface area contributed by atoms with Crippen molar-refractivity contribution in [2.24, 2.45) is 0 Å². The molecule has 3 aromatic carbocycles. The van der Waals surface area contributed by atoms with Crippen LogP contribution in [0.5, 0.6) is 0 Å². The van der Waals surface area contributed by atoms with Crippen molar-refractivity contribution < 1.29 is 23.7 Å². The summed E-state index contributed by atoms with van der Waals surface area (Å²) in [6.45, 7) is 5.24. The average molecular weight is 601 g/mol. The summed E-state index contributed by atoms with van der Waals surface area (Å²) in [6, 6.07) is 27.3. The molecule has 4 aromatic rings. The van der Waals surface area contributed by atoms with E-state index in [1.165, 1.54) is 4.57 Å². The number of ether oxygens (including phenoxy) is 4. The molecule has 1 aromatic heterocycles. The molecule has 6 rings (SSSR count). The number of benzene rings is 3. The van der Waals surface area contributed by atoms with E-state index in [2.05, 4.69) is 0 Å². The Balaban J connectivity index is 1.32. The average Bonchev–Trinajstić information content (AvgIpc) is 3.51. The van der Waals surface area contributed by atoms with Crippen molar-refractivity contribution in [3.05, 3.63) is 128 Å². The number of carbonyl (C=O) groups is 1. The monoisotopic (exact) mass is 600 g/mol. The molecule has 9 heteroatoms. The Labute approximate surface area is 255 Å². The molecule has 1 unspecified atom stereocenters. The minimum Gasteiger partial charge on any atom is -0.374 e. The summed E-state index contributed by atoms with van der Waals surface area (Å²) >= 11 is 11.6. The molecule has 2 fully saturated rings. The van der Waals surface area contributed by atoms with Crippen molar-refractivity contribution in [2.45, 2.75) is 51.1 Å². The zero-order valence-electron chi connectivity index (χ0n) is 23.5. The van der Waals surface area contributed by atoms with E-state index >= 15 is 0 Å². The highest BCUT2D eigenvalue weighted by molar-refractivity contribution is 7.72. The molecule has 0 radical (unpaired) electrons. The van der Waals surface area contributed by atoms with Crippen LogP contribution >= 0.6 is 24.4 Å². The Morgan fingerprint density at radius 3 is 2.24 bits per heavy atom. The Bertz CT molecular complexity index is 1690. The van der Waals surface area contributed by atoms with Crippen molar-refractivity contribution in [1.82, 2.24) is 9.13 Å². The standard InChI is InChI=1S/C33H32N2O5S2/c1-22-13-15-26(16-14-22)29(36)35-31(41)23(2)17-34(32(35)42)30-27-28(38-19-25-11-7-4-8-12-25)33(40-30,21-39-27)20-37-18-24-9-5-3-6-10-24/h3-17,27-28,30H,18-21H2,1-2H3/t27-,28?,30+,33-/m0/s1. The normalized spacial score (nSPS) is 22.9. The largest absolute Gasteiger partial charge is 0.374 e. The molecule has 0 N–H and O–H groups in total. The molecule has 0 aliphatic carbocycles. The second-order valence-electron chi connectivity index (χ2n) is 10.9. The third-order valence-electron chi connectivity index (χ3n) is 7.76. The number of aromatic nitrogens is 2. The Morgan fingerprint density at radius 2 is 1.57 bits per heavy atom. The molecular weight excluding hydrogens is 569 g/mol. The molecule has 2 aliphatic rings. The molecule has 0 saturated carbocycles. The van der Waals surface area contributed by atoms with Crippen molar-refractivity contribution in [3.63, 3.8) is 0 Å². The van der Waals surface area contributed by atoms with Gasteiger partial charge in [-0.05, 0) is 49.3 Å². The lowest BCUT2D eigenvalue weighted by Crippen LogP contribution is -2.46. The quantitative estimate of drug-likeness (QED) is 0.203. The first kappa shape index (κ1) is 28.8. The molecule has 3 heterocycles. The lowest BCUT2D eigenvalue weighted by molar-refractivity contribution is -0.196. The minimum absolute atomic E-state index is 0.236. The van der Waals surface area contributed by atoms with Crippen LogP contribution in [0.2, 0.25) is 0 Å². The molecule has 7 nitrogen and oxygen atoms in total. The van der Waals surface area contributed by atoms with Gasteiger partial charge in [-0.25, -0.2) is 4.57 Å². The summed E-state index contributed by atoms with van der Waals surface area (Å²) in [5, 5.41) is 0. The third kappa shape index (κ3) is 5.56. The van der Waals surface area contributed by atoms with Gasteiger partial charge in [0.25, 0.3) is 5.91 Å². The number of rotatable bonds is 9. The first-order valence-electron chi connectivity index (χ1n) is 13.9. The van der Waals surface area contributed by atoms with E-state index in [0.29, 0.717) is 30.0 Å². The Morgan fingerprint density at radius 1 is 0.929 bits per heavy atom. The van der Waals surface area contributed by atoms with Gasteiger partial charge in [0.2, 0.25) is 0 Å². The van der Waals surface area contributed by atoms with Gasteiger partial charge in [0.1, 0.15) is 22.4 Å². The lowest BCUT2D eigenvalue weighted by atomic mass is 10.00. The minimum atomic E-state index is -0.861. The van der Waals surface area contributed by atoms with Crippen molar-refractivity contribution in [3.8, 4) is 0 Å². The van der Waals surface area contributed by atoms with E-state index in [-0.39, 0.29) is 17.3 Å². The van der Waals surface area contributed by atoms with Crippen molar-refractivity contribution >= 4 is 30.3 Å². The van der Waals surface area contributed by atoms with E-state index in [1.807, 2.05) is 92.8 Å². The fourth-order valence-corrected chi connectivity index (χ4v) is 6.14. The topological polar surface area (TPSA) is 63.9 Å². The summed E-state index contributed by atoms with van der Waals surface area (Å²) in [5.74, 6) is -0.288. The third-order valence-corrected chi connectivity index (χ3v) is 8.66. The highest BCUT2D eigenvalue weighted by Gasteiger charge is 2.63. The van der Waals surface area contributed by atoms with E-state index in [9.17, 15) is 4.79 Å². The smallest absolute Gasteiger partial charge is 0.265 e. The number of hydrogen-bond acceptors (Lipinski definition) is 7. The van der Waals surface area contributed by atoms with Crippen LogP contribution < -0.4 is 0 Å². The molecule has 2 aliphatic heterocycles. The fraction of sp³-hybridized carbons (Fsp3) is 0.303. The van der Waals surface area contributed by atoms with Gasteiger partial charge in [-0.1, -0.05) is 90.6 Å². The predicted octanol–water partition coefficient (Wildman–Crippen LogP) is 6.52. The molecule has 2 bridgehead atoms. The van der Waals surface area contributed by atoms with Crippen LogP contribution in [0.25, 0.3) is 0 Å². The van der Waals surface area contributed by atoms with Gasteiger partial charge in [-0.3, -0.25) is 9.36 Å². The van der Waals surface area contributed by atoms with Crippen LogP contribution in [0.15, 0.2) is 91.1 Å². The zero-order valence-corrected chi connectivity index (χ0v) is 25.1. The Hall–Kier alpha value is -3.31. The fourth-order valence-electron chi connectivity index (χ4n) is 5.53. The van der Waals surface area contributed by atoms with Gasteiger partial charge in [0.05, 0.1) is 26.4 Å². The highest BCUT2D eigenvalue weighted by Crippen LogP contribution is 2.47. The van der Waals surface area contributed by atoms with Crippen LogP contribution in [-0.4, -0.2) is 46.1 Å². The van der Waals surface area contributed by atoms with Crippen LogP contribution in [0.1, 0.15) is 38.8 Å². The second kappa shape index (κ2) is 12.1. The van der Waals surface area contributed by atoms with Gasteiger partial charge in [0.15, 0.2) is 11.0 Å². The molecule has 4 atom stereocenters. The van der Waals surface area contributed by atoms with Crippen molar-refractivity contribution in [2.75, 3.05) is 13.2 Å². The maximum Gasteiger partial charge on any atom is 0.265 e. The van der Waals surface area contributed by atoms with Crippen LogP contribution in [-0.2, 0) is 32.2 Å². The van der Waals surface area contributed by atoms with E-state index in [1.54, 1.807) is 16.7 Å². The van der Waals surface area contributed by atoms with Gasteiger partial charge < -0.3 is 18.9 Å². The number of fused-ring (bicyclic) bond motifs is 2. The maximum atomic E-state index is 13.6. The van der Waals surface area contributed by atoms with Gasteiger partial charge >= 0.3 is 0 Å². The number of nitrogens with zero attached hydrogens (tertiary/aromatic N) is 2. The number of aryl methyl sites for hydroxylation is 2. The summed E-state index contributed by atoms with van der Waals surface area (Å²) in [7, 11) is 0. The van der Waals surface area contributed by atoms with E-state index in [0.717, 1.165) is 22.3 Å². The highest BCUT2D eigenvalue weighted by atomic mass is 32.1. The van der Waals surface area contributed by atoms with Crippen LogP contribution in [0.3, 0.4) is 0 Å². The Kier molecular flexibility index (Phi) is 8.31. The molecule has 216 valence electrons. The van der Waals surface area contributed by atoms with Crippen molar-refractivity contribution in [1.29, 1.82) is 0 Å². The number of carbonyl (C=O) groups excluding carboxylic acids is 1. The van der Waals surface area contributed by atoms with Crippen LogP contribution in [0, 0.1) is 23.3 Å². The van der Waals surface area contributed by atoms with Gasteiger partial charge in [-0.2, -0.15) is 0 Å². The summed E-state index contributed by atoms with van der Waals surface area (Å²) < 4.78 is 29.6. The van der Waals surface area contributed by atoms with Gasteiger partial charge in [-0.15, -0.1) is 0 Å². The lowest BCUT2D eigenvalue weighted by Gasteiger charge is -2.32. The first-order chi connectivity index (χ1) is 20.4. The maximum absolute atomic E-state index is 13.6. The molecule has 0 spiro atoms. The van der Waals surface area contributed by atoms with E-state index in [4.69, 9.17) is 43.4 Å². The molecule has 2 saturated heterocycles. The van der Waals surface area contributed by atoms with Gasteiger partial charge in [0, 0.05) is 17.3 Å². The predicted molar refractivity (Wildman–Crippen MR) is 163 cm³/mol. The molecule has 0 amide bonds. The summed E-state index contributed by atoms with van der Waals surface area (Å²) in [4.78, 5) is 13.6. The van der Waals surface area contributed by atoms with E-state index < -0.39 is 24.0 Å². The SMILES string of the molecule is Cc1ccc(C(=O)n2c(=S)c(C)cn([C@@H]3O[C@@]4(COCc5ccccc5)CO[C@H]3C4OCc3ccccc3)c2=S)cc1. The number of hydrogen-bond donors (Lipinski definition) is 0. The first-order valence-corrected chi connectivity index (χ1v) is 14.7. The van der Waals surface area contributed by atoms with Crippen LogP contribution in [0.4, 0.5) is 0 Å². The zero-order chi connectivity index (χ0) is 29.3. The summed E-state index contributed by atoms with van der Waals surface area (Å²) in [6.07, 6.45) is 0.299.